The summed E-state index contributed by atoms with van der Waals surface area (Å²) in [6, 6.07) is 7.89. The highest BCUT2D eigenvalue weighted by atomic mass is 35.5. The number of halogens is 1. The molecule has 4 aromatic rings. The summed E-state index contributed by atoms with van der Waals surface area (Å²) in [6.07, 6.45) is 4.33. The molecule has 0 unspecified atom stereocenters. The van der Waals surface area contributed by atoms with E-state index in [1.165, 1.54) is 12.8 Å². The molecule has 0 amide bonds. The predicted octanol–water partition coefficient (Wildman–Crippen LogP) is 5.14. The Morgan fingerprint density at radius 3 is 2.84 bits per heavy atom. The number of hydrogen-bond donors (Lipinski definition) is 3. The minimum Gasteiger partial charge on any atom is -0.370 e. The lowest BCUT2D eigenvalue weighted by Gasteiger charge is -2.23. The molecule has 0 aliphatic carbocycles. The number of thiazole rings is 1. The number of benzene rings is 1. The first kappa shape index (κ1) is 21.4. The van der Waals surface area contributed by atoms with E-state index in [4.69, 9.17) is 21.6 Å². The molecule has 1 fully saturated rings. The molecule has 1 aliphatic rings. The highest BCUT2D eigenvalue weighted by Gasteiger charge is 2.16. The summed E-state index contributed by atoms with van der Waals surface area (Å²) in [5.74, 6) is 2.82. The average molecular weight is 470 g/mol. The third-order valence-corrected chi connectivity index (χ3v) is 7.24. The van der Waals surface area contributed by atoms with Crippen LogP contribution in [-0.2, 0) is 6.54 Å². The summed E-state index contributed by atoms with van der Waals surface area (Å²) in [5.41, 5.74) is 2.98. The molecule has 1 saturated heterocycles. The fraction of sp³-hybridized carbons (Fsp3) is 0.435. The van der Waals surface area contributed by atoms with Crippen molar-refractivity contribution in [2.75, 3.05) is 30.3 Å². The Morgan fingerprint density at radius 1 is 1.19 bits per heavy atom. The van der Waals surface area contributed by atoms with Gasteiger partial charge in [-0.05, 0) is 56.0 Å². The SMILES string of the molecule is CC(C)c1cnn2c(NCc3nc4cc(Cl)ccc4s3)cc(NCC3CCNCC3)nc12. The summed E-state index contributed by atoms with van der Waals surface area (Å²) < 4.78 is 3.03. The number of rotatable bonds is 7. The molecule has 1 aliphatic heterocycles. The van der Waals surface area contributed by atoms with Crippen LogP contribution < -0.4 is 16.0 Å². The fourth-order valence-corrected chi connectivity index (χ4v) is 5.18. The number of piperidine rings is 1. The Balaban J connectivity index is 1.40. The van der Waals surface area contributed by atoms with E-state index < -0.39 is 0 Å². The van der Waals surface area contributed by atoms with Gasteiger partial charge in [0.05, 0.1) is 23.0 Å². The Morgan fingerprint density at radius 2 is 2.03 bits per heavy atom. The number of anilines is 2. The normalized spacial score (nSPS) is 15.1. The molecule has 9 heteroatoms. The van der Waals surface area contributed by atoms with Gasteiger partial charge >= 0.3 is 0 Å². The third kappa shape index (κ3) is 4.53. The van der Waals surface area contributed by atoms with Crippen molar-refractivity contribution in [1.29, 1.82) is 0 Å². The van der Waals surface area contributed by atoms with E-state index in [1.54, 1.807) is 11.3 Å². The topological polar surface area (TPSA) is 79.2 Å². The maximum Gasteiger partial charge on any atom is 0.163 e. The molecule has 0 spiro atoms. The van der Waals surface area contributed by atoms with Crippen LogP contribution in [0.25, 0.3) is 15.9 Å². The van der Waals surface area contributed by atoms with E-state index in [-0.39, 0.29) is 0 Å². The van der Waals surface area contributed by atoms with E-state index in [0.29, 0.717) is 23.4 Å². The number of nitrogens with zero attached hydrogens (tertiary/aromatic N) is 4. The van der Waals surface area contributed by atoms with Crippen LogP contribution in [0, 0.1) is 5.92 Å². The fourth-order valence-electron chi connectivity index (χ4n) is 4.13. The van der Waals surface area contributed by atoms with E-state index in [1.807, 2.05) is 28.9 Å². The van der Waals surface area contributed by atoms with E-state index in [0.717, 1.165) is 57.7 Å². The zero-order valence-electron chi connectivity index (χ0n) is 18.4. The van der Waals surface area contributed by atoms with Gasteiger partial charge in [-0.1, -0.05) is 25.4 Å². The summed E-state index contributed by atoms with van der Waals surface area (Å²) in [4.78, 5) is 9.63. The van der Waals surface area contributed by atoms with Crippen molar-refractivity contribution in [3.8, 4) is 0 Å². The summed E-state index contributed by atoms with van der Waals surface area (Å²) >= 11 is 7.79. The maximum absolute atomic E-state index is 6.12. The van der Waals surface area contributed by atoms with Gasteiger partial charge < -0.3 is 16.0 Å². The van der Waals surface area contributed by atoms with Crippen LogP contribution in [0.3, 0.4) is 0 Å². The second-order valence-electron chi connectivity index (χ2n) is 8.66. The lowest BCUT2D eigenvalue weighted by molar-refractivity contribution is 0.389. The number of aromatic nitrogens is 4. The second-order valence-corrected chi connectivity index (χ2v) is 10.2. The van der Waals surface area contributed by atoms with Crippen molar-refractivity contribution in [3.63, 3.8) is 0 Å². The van der Waals surface area contributed by atoms with Crippen LogP contribution in [0.5, 0.6) is 0 Å². The molecule has 4 heterocycles. The van der Waals surface area contributed by atoms with Crippen molar-refractivity contribution >= 4 is 50.4 Å². The molecule has 0 atom stereocenters. The molecule has 3 N–H and O–H groups in total. The van der Waals surface area contributed by atoms with Crippen molar-refractivity contribution in [1.82, 2.24) is 24.9 Å². The van der Waals surface area contributed by atoms with Crippen LogP contribution >= 0.6 is 22.9 Å². The van der Waals surface area contributed by atoms with Crippen molar-refractivity contribution < 1.29 is 0 Å². The third-order valence-electron chi connectivity index (χ3n) is 5.97. The predicted molar refractivity (Wildman–Crippen MR) is 133 cm³/mol. The first-order chi connectivity index (χ1) is 15.6. The zero-order chi connectivity index (χ0) is 22.1. The van der Waals surface area contributed by atoms with Crippen LogP contribution in [-0.4, -0.2) is 39.2 Å². The first-order valence-corrected chi connectivity index (χ1v) is 12.4. The Bertz CT molecular complexity index is 1230. The molecule has 32 heavy (non-hydrogen) atoms. The van der Waals surface area contributed by atoms with Crippen molar-refractivity contribution in [3.05, 3.63) is 46.1 Å². The van der Waals surface area contributed by atoms with Gasteiger partial charge in [0.2, 0.25) is 0 Å². The molecule has 3 aromatic heterocycles. The lowest BCUT2D eigenvalue weighted by atomic mass is 9.98. The van der Waals surface area contributed by atoms with Gasteiger partial charge in [-0.25, -0.2) is 9.97 Å². The van der Waals surface area contributed by atoms with Crippen LogP contribution in [0.2, 0.25) is 5.02 Å². The van der Waals surface area contributed by atoms with Gasteiger partial charge in [0.1, 0.15) is 16.6 Å². The summed E-state index contributed by atoms with van der Waals surface area (Å²) in [7, 11) is 0. The second kappa shape index (κ2) is 9.21. The highest BCUT2D eigenvalue weighted by Crippen LogP contribution is 2.27. The molecular weight excluding hydrogens is 442 g/mol. The van der Waals surface area contributed by atoms with Gasteiger partial charge in [-0.2, -0.15) is 9.61 Å². The number of fused-ring (bicyclic) bond motifs is 2. The van der Waals surface area contributed by atoms with Crippen LogP contribution in [0.4, 0.5) is 11.6 Å². The molecule has 7 nitrogen and oxygen atoms in total. The molecular formula is C23H28ClN7S. The maximum atomic E-state index is 6.12. The summed E-state index contributed by atoms with van der Waals surface area (Å²) in [6.45, 7) is 8.09. The van der Waals surface area contributed by atoms with Crippen LogP contribution in [0.15, 0.2) is 30.5 Å². The minimum absolute atomic E-state index is 0.349. The quantitative estimate of drug-likeness (QED) is 0.348. The van der Waals surface area contributed by atoms with E-state index in [9.17, 15) is 0 Å². The van der Waals surface area contributed by atoms with Gasteiger partial charge in [-0.15, -0.1) is 11.3 Å². The number of hydrogen-bond acceptors (Lipinski definition) is 7. The Kier molecular flexibility index (Phi) is 6.17. The van der Waals surface area contributed by atoms with E-state index >= 15 is 0 Å². The lowest BCUT2D eigenvalue weighted by Crippen LogP contribution is -2.31. The largest absolute Gasteiger partial charge is 0.370 e. The van der Waals surface area contributed by atoms with Gasteiger partial charge in [0.25, 0.3) is 0 Å². The molecule has 0 saturated carbocycles. The number of nitrogens with one attached hydrogen (secondary N) is 3. The molecule has 168 valence electrons. The zero-order valence-corrected chi connectivity index (χ0v) is 19.9. The molecule has 0 radical (unpaired) electrons. The monoisotopic (exact) mass is 469 g/mol. The first-order valence-electron chi connectivity index (χ1n) is 11.2. The molecule has 1 aromatic carbocycles. The van der Waals surface area contributed by atoms with Gasteiger partial charge in [0, 0.05) is 23.2 Å². The van der Waals surface area contributed by atoms with Crippen molar-refractivity contribution in [2.45, 2.75) is 39.2 Å². The minimum atomic E-state index is 0.349. The highest BCUT2D eigenvalue weighted by molar-refractivity contribution is 7.18. The van der Waals surface area contributed by atoms with E-state index in [2.05, 4.69) is 41.0 Å². The van der Waals surface area contributed by atoms with Gasteiger partial charge in [0.15, 0.2) is 5.65 Å². The van der Waals surface area contributed by atoms with Crippen LogP contribution in [0.1, 0.15) is 43.2 Å². The summed E-state index contributed by atoms with van der Waals surface area (Å²) in [5, 5.41) is 16.9. The Labute approximate surface area is 196 Å². The molecule has 0 bridgehead atoms. The molecule has 5 rings (SSSR count). The standard InChI is InChI=1S/C23H28ClN7S/c1-14(2)17-12-28-31-21(27-13-22-29-18-9-16(24)3-4-19(18)32-22)10-20(30-23(17)31)26-11-15-5-7-25-8-6-15/h3-4,9-10,12,14-15,25,27H,5-8,11,13H2,1-2H3,(H,26,30). The Hall–Kier alpha value is -2.42. The average Bonchev–Trinajstić information content (AvgIpc) is 3.40. The van der Waals surface area contributed by atoms with Gasteiger partial charge in [-0.3, -0.25) is 0 Å². The smallest absolute Gasteiger partial charge is 0.163 e. The van der Waals surface area contributed by atoms with Crippen molar-refractivity contribution in [2.24, 2.45) is 5.92 Å².